The van der Waals surface area contributed by atoms with Crippen molar-refractivity contribution >= 4 is 21.6 Å². The van der Waals surface area contributed by atoms with Crippen molar-refractivity contribution in [2.24, 2.45) is 7.05 Å². The van der Waals surface area contributed by atoms with Crippen LogP contribution < -0.4 is 4.74 Å². The molecule has 1 aliphatic heterocycles. The quantitative estimate of drug-likeness (QED) is 0.571. The Labute approximate surface area is 144 Å². The molecule has 0 aliphatic carbocycles. The molecule has 1 fully saturated rings. The second-order valence-corrected chi connectivity index (χ2v) is 8.94. The Kier molecular flexibility index (Phi) is 5.09. The first-order chi connectivity index (χ1) is 11.4. The van der Waals surface area contributed by atoms with Gasteiger partial charge in [-0.15, -0.1) is 10.2 Å². The molecular formula is C15H18FN3O3S2. The van der Waals surface area contributed by atoms with Crippen LogP contribution in [-0.4, -0.2) is 47.0 Å². The van der Waals surface area contributed by atoms with Gasteiger partial charge in [0.05, 0.1) is 18.1 Å². The van der Waals surface area contributed by atoms with Crippen molar-refractivity contribution in [1.82, 2.24) is 14.8 Å². The monoisotopic (exact) mass is 371 g/mol. The van der Waals surface area contributed by atoms with Crippen LogP contribution in [0.1, 0.15) is 18.2 Å². The fraction of sp³-hybridized carbons (Fsp3) is 0.467. The topological polar surface area (TPSA) is 74.1 Å². The van der Waals surface area contributed by atoms with Crippen LogP contribution in [0.3, 0.4) is 0 Å². The molecule has 2 heterocycles. The van der Waals surface area contributed by atoms with Crippen LogP contribution >= 0.6 is 11.8 Å². The number of ether oxygens (including phenoxy) is 1. The third kappa shape index (κ3) is 4.07. The summed E-state index contributed by atoms with van der Waals surface area (Å²) >= 11 is 1.49. The standard InChI is InChI=1S/C15H18FN3O3S2/c1-19-14(11-6-9-24(20,21)10-11)17-18-15(19)23-8-7-22-13-4-2-12(16)3-5-13/h2-5,11H,6-10H2,1H3/t11-/m0/s1. The highest BCUT2D eigenvalue weighted by Crippen LogP contribution is 2.29. The number of aromatic nitrogens is 3. The van der Waals surface area contributed by atoms with Gasteiger partial charge in [0.15, 0.2) is 15.0 Å². The van der Waals surface area contributed by atoms with Crippen molar-refractivity contribution in [2.75, 3.05) is 23.9 Å². The van der Waals surface area contributed by atoms with Crippen LogP contribution in [0.4, 0.5) is 4.39 Å². The van der Waals surface area contributed by atoms with E-state index in [1.54, 1.807) is 12.1 Å². The van der Waals surface area contributed by atoms with E-state index in [2.05, 4.69) is 10.2 Å². The lowest BCUT2D eigenvalue weighted by atomic mass is 10.1. The van der Waals surface area contributed by atoms with Gasteiger partial charge in [-0.1, -0.05) is 11.8 Å². The van der Waals surface area contributed by atoms with Crippen molar-refractivity contribution in [3.63, 3.8) is 0 Å². The number of nitrogens with zero attached hydrogens (tertiary/aromatic N) is 3. The van der Waals surface area contributed by atoms with E-state index < -0.39 is 9.84 Å². The molecule has 3 rings (SSSR count). The van der Waals surface area contributed by atoms with E-state index in [0.29, 0.717) is 24.5 Å². The van der Waals surface area contributed by atoms with Gasteiger partial charge in [0, 0.05) is 18.7 Å². The summed E-state index contributed by atoms with van der Waals surface area (Å²) in [4.78, 5) is 0. The molecule has 0 amide bonds. The number of hydrogen-bond donors (Lipinski definition) is 0. The van der Waals surface area contributed by atoms with Crippen LogP contribution in [0.2, 0.25) is 0 Å². The fourth-order valence-electron chi connectivity index (χ4n) is 2.63. The molecule has 6 nitrogen and oxygen atoms in total. The van der Waals surface area contributed by atoms with Gasteiger partial charge in [0.2, 0.25) is 0 Å². The lowest BCUT2D eigenvalue weighted by Gasteiger charge is -2.08. The molecule has 0 spiro atoms. The van der Waals surface area contributed by atoms with E-state index in [9.17, 15) is 12.8 Å². The number of thioether (sulfide) groups is 1. The molecule has 9 heteroatoms. The zero-order valence-electron chi connectivity index (χ0n) is 13.2. The average molecular weight is 371 g/mol. The summed E-state index contributed by atoms with van der Waals surface area (Å²) in [6.07, 6.45) is 0.604. The number of hydrogen-bond acceptors (Lipinski definition) is 6. The summed E-state index contributed by atoms with van der Waals surface area (Å²) in [6, 6.07) is 5.88. The van der Waals surface area contributed by atoms with Crippen molar-refractivity contribution in [1.29, 1.82) is 0 Å². The van der Waals surface area contributed by atoms with E-state index in [0.717, 1.165) is 11.0 Å². The highest BCUT2D eigenvalue weighted by molar-refractivity contribution is 7.99. The first-order valence-corrected chi connectivity index (χ1v) is 10.4. The largest absolute Gasteiger partial charge is 0.493 e. The smallest absolute Gasteiger partial charge is 0.191 e. The molecule has 1 aromatic heterocycles. The average Bonchev–Trinajstić information content (AvgIpc) is 3.08. The number of sulfone groups is 1. The van der Waals surface area contributed by atoms with Crippen LogP contribution in [-0.2, 0) is 16.9 Å². The molecule has 130 valence electrons. The Hall–Kier alpha value is -1.61. The number of rotatable bonds is 6. The van der Waals surface area contributed by atoms with Gasteiger partial charge < -0.3 is 9.30 Å². The Morgan fingerprint density at radius 2 is 2.08 bits per heavy atom. The summed E-state index contributed by atoms with van der Waals surface area (Å²) in [5, 5.41) is 9.03. The maximum absolute atomic E-state index is 12.8. The second kappa shape index (κ2) is 7.10. The predicted molar refractivity (Wildman–Crippen MR) is 89.6 cm³/mol. The van der Waals surface area contributed by atoms with Gasteiger partial charge in [0.1, 0.15) is 17.4 Å². The summed E-state index contributed by atoms with van der Waals surface area (Å²) in [7, 11) is -1.09. The highest BCUT2D eigenvalue weighted by atomic mass is 32.2. The molecule has 2 aromatic rings. The summed E-state index contributed by atoms with van der Waals surface area (Å²) in [5.41, 5.74) is 0. The van der Waals surface area contributed by atoms with Crippen LogP contribution in [0, 0.1) is 5.82 Å². The molecule has 1 atom stereocenters. The minimum atomic E-state index is -2.94. The molecule has 24 heavy (non-hydrogen) atoms. The third-order valence-electron chi connectivity index (χ3n) is 3.86. The molecule has 0 radical (unpaired) electrons. The first-order valence-electron chi connectivity index (χ1n) is 7.55. The van der Waals surface area contributed by atoms with E-state index in [1.807, 2.05) is 11.6 Å². The van der Waals surface area contributed by atoms with Gasteiger partial charge in [-0.2, -0.15) is 0 Å². The summed E-state index contributed by atoms with van der Waals surface area (Å²) in [6.45, 7) is 0.455. The third-order valence-corrected chi connectivity index (χ3v) is 6.62. The Bertz CT molecular complexity index is 806. The lowest BCUT2D eigenvalue weighted by Crippen LogP contribution is -2.09. The minimum absolute atomic E-state index is 0.0719. The summed E-state index contributed by atoms with van der Waals surface area (Å²) in [5.74, 6) is 2.00. The van der Waals surface area contributed by atoms with E-state index in [1.165, 1.54) is 23.9 Å². The van der Waals surface area contributed by atoms with Crippen LogP contribution in [0.5, 0.6) is 5.75 Å². The van der Waals surface area contributed by atoms with Gasteiger partial charge in [-0.3, -0.25) is 0 Å². The molecule has 1 saturated heterocycles. The van der Waals surface area contributed by atoms with Gasteiger partial charge in [-0.25, -0.2) is 12.8 Å². The molecule has 0 bridgehead atoms. The Balaban J connectivity index is 1.52. The molecular weight excluding hydrogens is 353 g/mol. The predicted octanol–water partition coefficient (Wildman–Crippen LogP) is 2.03. The zero-order chi connectivity index (χ0) is 17.2. The molecule has 1 aromatic carbocycles. The summed E-state index contributed by atoms with van der Waals surface area (Å²) < 4.78 is 43.4. The maximum Gasteiger partial charge on any atom is 0.191 e. The molecule has 0 saturated carbocycles. The lowest BCUT2D eigenvalue weighted by molar-refractivity contribution is 0.343. The molecule has 0 N–H and O–H groups in total. The van der Waals surface area contributed by atoms with Crippen LogP contribution in [0.25, 0.3) is 0 Å². The number of benzene rings is 1. The maximum atomic E-state index is 12.8. The van der Waals surface area contributed by atoms with Crippen LogP contribution in [0.15, 0.2) is 29.4 Å². The normalized spacial score (nSPS) is 19.5. The molecule has 0 unspecified atom stereocenters. The molecule has 1 aliphatic rings. The van der Waals surface area contributed by atoms with E-state index >= 15 is 0 Å². The second-order valence-electron chi connectivity index (χ2n) is 5.65. The van der Waals surface area contributed by atoms with Crippen molar-refractivity contribution in [3.05, 3.63) is 35.9 Å². The zero-order valence-corrected chi connectivity index (χ0v) is 14.8. The highest BCUT2D eigenvalue weighted by Gasteiger charge is 2.32. The van der Waals surface area contributed by atoms with E-state index in [4.69, 9.17) is 4.74 Å². The van der Waals surface area contributed by atoms with Crippen molar-refractivity contribution in [3.8, 4) is 5.75 Å². The van der Waals surface area contributed by atoms with Gasteiger partial charge in [-0.05, 0) is 30.7 Å². The first kappa shape index (κ1) is 17.2. The SMILES string of the molecule is Cn1c(SCCOc2ccc(F)cc2)nnc1[C@H]1CCS(=O)(=O)C1. The van der Waals surface area contributed by atoms with Crippen molar-refractivity contribution < 1.29 is 17.5 Å². The Morgan fingerprint density at radius 1 is 1.33 bits per heavy atom. The van der Waals surface area contributed by atoms with Gasteiger partial charge >= 0.3 is 0 Å². The van der Waals surface area contributed by atoms with Crippen molar-refractivity contribution in [2.45, 2.75) is 17.5 Å². The Morgan fingerprint density at radius 3 is 2.75 bits per heavy atom. The number of halogens is 1. The van der Waals surface area contributed by atoms with Gasteiger partial charge in [0.25, 0.3) is 0 Å². The fourth-order valence-corrected chi connectivity index (χ4v) is 5.10. The minimum Gasteiger partial charge on any atom is -0.493 e. The van der Waals surface area contributed by atoms with E-state index in [-0.39, 0.29) is 23.2 Å².